The molecule has 0 aliphatic carbocycles. The Morgan fingerprint density at radius 3 is 2.74 bits per heavy atom. The summed E-state index contributed by atoms with van der Waals surface area (Å²) in [5.41, 5.74) is 8.98. The number of carbonyl (C=O) groups excluding carboxylic acids is 1. The minimum atomic E-state index is -0.271. The van der Waals surface area contributed by atoms with E-state index in [0.29, 0.717) is 6.54 Å². The van der Waals surface area contributed by atoms with Crippen molar-refractivity contribution in [3.8, 4) is 11.1 Å². The second kappa shape index (κ2) is 7.62. The Bertz CT molecular complexity index is 953. The highest BCUT2D eigenvalue weighted by Gasteiger charge is 2.21. The van der Waals surface area contributed by atoms with Crippen molar-refractivity contribution in [2.75, 3.05) is 37.6 Å². The molecule has 2 aromatic heterocycles. The van der Waals surface area contributed by atoms with Crippen molar-refractivity contribution >= 4 is 33.3 Å². The molecule has 0 atom stereocenters. The lowest BCUT2D eigenvalue weighted by atomic mass is 10.0. The minimum Gasteiger partial charge on any atom is -0.369 e. The standard InChI is InChI=1S/C20H23N5OS/c1-14-3-5-15(6-4-14)16-12-27-20-18(16)19(22-13-23-20)25-8-2-7-24(9-10-25)11-17(21)26/h3-6,12-13H,2,7-11H2,1H3,(H2,21,26). The van der Waals surface area contributed by atoms with Gasteiger partial charge in [0.2, 0.25) is 5.91 Å². The van der Waals surface area contributed by atoms with Gasteiger partial charge in [-0.3, -0.25) is 9.69 Å². The van der Waals surface area contributed by atoms with Crippen LogP contribution in [-0.4, -0.2) is 53.5 Å². The van der Waals surface area contributed by atoms with Crippen LogP contribution in [0.25, 0.3) is 21.3 Å². The summed E-state index contributed by atoms with van der Waals surface area (Å²) in [4.78, 5) is 25.8. The van der Waals surface area contributed by atoms with Crippen molar-refractivity contribution in [2.24, 2.45) is 5.73 Å². The lowest BCUT2D eigenvalue weighted by molar-refractivity contribution is -0.119. The van der Waals surface area contributed by atoms with E-state index < -0.39 is 0 Å². The number of amides is 1. The van der Waals surface area contributed by atoms with Crippen molar-refractivity contribution in [1.82, 2.24) is 14.9 Å². The molecule has 3 heterocycles. The third-order valence-electron chi connectivity index (χ3n) is 4.98. The monoisotopic (exact) mass is 381 g/mol. The molecule has 0 bridgehead atoms. The van der Waals surface area contributed by atoms with Crippen LogP contribution in [0.15, 0.2) is 36.0 Å². The van der Waals surface area contributed by atoms with E-state index in [2.05, 4.69) is 56.3 Å². The van der Waals surface area contributed by atoms with Crippen LogP contribution < -0.4 is 10.6 Å². The summed E-state index contributed by atoms with van der Waals surface area (Å²) in [6, 6.07) is 8.58. The van der Waals surface area contributed by atoms with Crippen molar-refractivity contribution in [2.45, 2.75) is 13.3 Å². The van der Waals surface area contributed by atoms with Gasteiger partial charge < -0.3 is 10.6 Å². The van der Waals surface area contributed by atoms with E-state index in [9.17, 15) is 4.79 Å². The van der Waals surface area contributed by atoms with Crippen LogP contribution in [0, 0.1) is 6.92 Å². The highest BCUT2D eigenvalue weighted by atomic mass is 32.1. The molecule has 7 heteroatoms. The summed E-state index contributed by atoms with van der Waals surface area (Å²) in [7, 11) is 0. The first kappa shape index (κ1) is 17.9. The fourth-order valence-electron chi connectivity index (χ4n) is 3.61. The maximum Gasteiger partial charge on any atom is 0.231 e. The van der Waals surface area contributed by atoms with Gasteiger partial charge >= 0.3 is 0 Å². The number of rotatable bonds is 4. The molecular weight excluding hydrogens is 358 g/mol. The third-order valence-corrected chi connectivity index (χ3v) is 5.87. The maximum atomic E-state index is 11.2. The number of thiophene rings is 1. The zero-order valence-electron chi connectivity index (χ0n) is 15.4. The van der Waals surface area contributed by atoms with Gasteiger partial charge in [0.25, 0.3) is 0 Å². The van der Waals surface area contributed by atoms with Gasteiger partial charge in [-0.15, -0.1) is 11.3 Å². The second-order valence-electron chi connectivity index (χ2n) is 6.98. The van der Waals surface area contributed by atoms with Gasteiger partial charge in [0, 0.05) is 37.1 Å². The molecule has 1 fully saturated rings. The van der Waals surface area contributed by atoms with Crippen LogP contribution in [0.4, 0.5) is 5.82 Å². The lowest BCUT2D eigenvalue weighted by Gasteiger charge is -2.23. The molecule has 0 unspecified atom stereocenters. The molecule has 0 spiro atoms. The number of carbonyl (C=O) groups is 1. The molecule has 6 nitrogen and oxygen atoms in total. The highest BCUT2D eigenvalue weighted by Crippen LogP contribution is 2.38. The fraction of sp³-hybridized carbons (Fsp3) is 0.350. The topological polar surface area (TPSA) is 75.3 Å². The number of anilines is 1. The highest BCUT2D eigenvalue weighted by molar-refractivity contribution is 7.17. The van der Waals surface area contributed by atoms with E-state index in [1.165, 1.54) is 16.7 Å². The molecule has 140 valence electrons. The zero-order valence-corrected chi connectivity index (χ0v) is 16.2. The van der Waals surface area contributed by atoms with Crippen LogP contribution in [0.2, 0.25) is 0 Å². The number of hydrogen-bond acceptors (Lipinski definition) is 6. The number of primary amides is 1. The number of aromatic nitrogens is 2. The van der Waals surface area contributed by atoms with Crippen molar-refractivity contribution in [3.63, 3.8) is 0 Å². The van der Waals surface area contributed by atoms with E-state index >= 15 is 0 Å². The second-order valence-corrected chi connectivity index (χ2v) is 7.83. The van der Waals surface area contributed by atoms with Gasteiger partial charge in [0.1, 0.15) is 17.0 Å². The minimum absolute atomic E-state index is 0.271. The first-order valence-electron chi connectivity index (χ1n) is 9.16. The first-order chi connectivity index (χ1) is 13.1. The van der Waals surface area contributed by atoms with Crippen LogP contribution in [-0.2, 0) is 4.79 Å². The average Bonchev–Trinajstić information content (AvgIpc) is 2.95. The Morgan fingerprint density at radius 2 is 1.96 bits per heavy atom. The Balaban J connectivity index is 1.68. The van der Waals surface area contributed by atoms with E-state index in [0.717, 1.165) is 48.6 Å². The van der Waals surface area contributed by atoms with Crippen molar-refractivity contribution in [1.29, 1.82) is 0 Å². The number of nitrogens with two attached hydrogens (primary N) is 1. The molecule has 3 aromatic rings. The molecule has 0 saturated carbocycles. The summed E-state index contributed by atoms with van der Waals surface area (Å²) >= 11 is 1.66. The molecule has 1 aliphatic rings. The lowest BCUT2D eigenvalue weighted by Crippen LogP contribution is -2.36. The number of hydrogen-bond donors (Lipinski definition) is 1. The van der Waals surface area contributed by atoms with E-state index in [1.54, 1.807) is 17.7 Å². The summed E-state index contributed by atoms with van der Waals surface area (Å²) < 4.78 is 0. The molecule has 4 rings (SSSR count). The third kappa shape index (κ3) is 3.79. The summed E-state index contributed by atoms with van der Waals surface area (Å²) in [6.07, 6.45) is 2.63. The number of benzene rings is 1. The fourth-order valence-corrected chi connectivity index (χ4v) is 4.52. The Labute approximate surface area is 162 Å². The summed E-state index contributed by atoms with van der Waals surface area (Å²) in [5, 5.41) is 3.29. The Morgan fingerprint density at radius 1 is 1.15 bits per heavy atom. The SMILES string of the molecule is Cc1ccc(-c2csc3ncnc(N4CCCN(CC(N)=O)CC4)c23)cc1. The summed E-state index contributed by atoms with van der Waals surface area (Å²) in [6.45, 7) is 5.83. The van der Waals surface area contributed by atoms with E-state index in [4.69, 9.17) is 5.73 Å². The normalized spacial score (nSPS) is 15.8. The van der Waals surface area contributed by atoms with Gasteiger partial charge in [0.05, 0.1) is 11.9 Å². The molecule has 0 radical (unpaired) electrons. The molecule has 1 saturated heterocycles. The van der Waals surface area contributed by atoms with Gasteiger partial charge in [-0.05, 0) is 18.9 Å². The van der Waals surface area contributed by atoms with Crippen molar-refractivity contribution < 1.29 is 4.79 Å². The van der Waals surface area contributed by atoms with Crippen LogP contribution in [0.3, 0.4) is 0 Å². The predicted octanol–water partition coefficient (Wildman–Crippen LogP) is 2.66. The Hall–Kier alpha value is -2.51. The van der Waals surface area contributed by atoms with E-state index in [-0.39, 0.29) is 5.91 Å². The maximum absolute atomic E-state index is 11.2. The average molecular weight is 382 g/mol. The quantitative estimate of drug-likeness (QED) is 0.752. The van der Waals surface area contributed by atoms with Crippen molar-refractivity contribution in [3.05, 3.63) is 41.5 Å². The predicted molar refractivity (Wildman–Crippen MR) is 110 cm³/mol. The largest absolute Gasteiger partial charge is 0.369 e. The van der Waals surface area contributed by atoms with Gasteiger partial charge in [-0.2, -0.15) is 0 Å². The van der Waals surface area contributed by atoms with E-state index in [1.807, 2.05) is 0 Å². The number of fused-ring (bicyclic) bond motifs is 1. The zero-order chi connectivity index (χ0) is 18.8. The number of nitrogens with zero attached hydrogens (tertiary/aromatic N) is 4. The van der Waals surface area contributed by atoms with Crippen LogP contribution in [0.1, 0.15) is 12.0 Å². The first-order valence-corrected chi connectivity index (χ1v) is 10.0. The van der Waals surface area contributed by atoms with Crippen LogP contribution in [0.5, 0.6) is 0 Å². The molecule has 1 aromatic carbocycles. The molecular formula is C20H23N5OS. The molecule has 2 N–H and O–H groups in total. The number of aryl methyl sites for hydroxylation is 1. The van der Waals surface area contributed by atoms with Crippen LogP contribution >= 0.6 is 11.3 Å². The smallest absolute Gasteiger partial charge is 0.231 e. The molecule has 1 amide bonds. The molecule has 1 aliphatic heterocycles. The van der Waals surface area contributed by atoms with Gasteiger partial charge in [0.15, 0.2) is 0 Å². The molecule has 27 heavy (non-hydrogen) atoms. The summed E-state index contributed by atoms with van der Waals surface area (Å²) in [5.74, 6) is 0.713. The Kier molecular flexibility index (Phi) is 5.05. The van der Waals surface area contributed by atoms with Gasteiger partial charge in [-0.1, -0.05) is 29.8 Å². The van der Waals surface area contributed by atoms with Gasteiger partial charge in [-0.25, -0.2) is 9.97 Å².